The van der Waals surface area contributed by atoms with Gasteiger partial charge in [0.1, 0.15) is 0 Å². The molecule has 0 spiro atoms. The fourth-order valence-corrected chi connectivity index (χ4v) is 1.65. The van der Waals surface area contributed by atoms with Crippen molar-refractivity contribution in [1.29, 1.82) is 0 Å². The Bertz CT molecular complexity index is 306. The fourth-order valence-electron chi connectivity index (χ4n) is 1.65. The minimum absolute atomic E-state index is 0.0228. The predicted octanol–water partition coefficient (Wildman–Crippen LogP) is 2.91. The van der Waals surface area contributed by atoms with Gasteiger partial charge in [-0.3, -0.25) is 0 Å². The van der Waals surface area contributed by atoms with Crippen molar-refractivity contribution in [2.45, 2.75) is 46.3 Å². The third-order valence-corrected chi connectivity index (χ3v) is 2.41. The minimum atomic E-state index is 0.0228. The predicted molar refractivity (Wildman–Crippen MR) is 66.4 cm³/mol. The second kappa shape index (κ2) is 5.85. The molecule has 0 amide bonds. The van der Waals surface area contributed by atoms with E-state index >= 15 is 0 Å². The van der Waals surface area contributed by atoms with Gasteiger partial charge in [-0.1, -0.05) is 19.9 Å². The van der Waals surface area contributed by atoms with Crippen LogP contribution in [0.25, 0.3) is 0 Å². The molecule has 1 unspecified atom stereocenters. The molecule has 1 aromatic heterocycles. The van der Waals surface area contributed by atoms with Crippen molar-refractivity contribution in [3.05, 3.63) is 23.9 Å². The molecule has 16 heavy (non-hydrogen) atoms. The molecule has 3 nitrogen and oxygen atoms in total. The van der Waals surface area contributed by atoms with Crippen LogP contribution in [-0.4, -0.2) is 11.1 Å². The van der Waals surface area contributed by atoms with Crippen molar-refractivity contribution in [2.24, 2.45) is 11.7 Å². The summed E-state index contributed by atoms with van der Waals surface area (Å²) in [5.41, 5.74) is 6.78. The van der Waals surface area contributed by atoms with E-state index in [-0.39, 0.29) is 12.1 Å². The maximum Gasteiger partial charge on any atom is 0.213 e. The number of aromatic nitrogens is 1. The number of pyridine rings is 1. The Balaban J connectivity index is 2.55. The standard InChI is InChI=1S/C13H22N2O/c1-9(2)7-10(3)16-13-6-5-12(8-15-13)11(4)14/h5-6,8-11H,7,14H2,1-4H3/t10?,11-/m0/s1. The van der Waals surface area contributed by atoms with Crippen molar-refractivity contribution < 1.29 is 4.74 Å². The quantitative estimate of drug-likeness (QED) is 0.833. The summed E-state index contributed by atoms with van der Waals surface area (Å²) in [7, 11) is 0. The lowest BCUT2D eigenvalue weighted by Gasteiger charge is -2.16. The van der Waals surface area contributed by atoms with E-state index in [1.54, 1.807) is 6.20 Å². The molecule has 0 aliphatic carbocycles. The van der Waals surface area contributed by atoms with Crippen molar-refractivity contribution in [3.8, 4) is 5.88 Å². The zero-order valence-electron chi connectivity index (χ0n) is 10.6. The number of ether oxygens (including phenoxy) is 1. The Morgan fingerprint density at radius 3 is 2.38 bits per heavy atom. The van der Waals surface area contributed by atoms with Gasteiger partial charge in [0.05, 0.1) is 6.10 Å². The summed E-state index contributed by atoms with van der Waals surface area (Å²) in [6.07, 6.45) is 3.02. The summed E-state index contributed by atoms with van der Waals surface area (Å²) in [5, 5.41) is 0. The van der Waals surface area contributed by atoms with Gasteiger partial charge in [0.25, 0.3) is 0 Å². The molecule has 0 saturated carbocycles. The summed E-state index contributed by atoms with van der Waals surface area (Å²) in [6, 6.07) is 3.87. The number of rotatable bonds is 5. The topological polar surface area (TPSA) is 48.1 Å². The summed E-state index contributed by atoms with van der Waals surface area (Å²) in [4.78, 5) is 4.24. The first-order valence-corrected chi connectivity index (χ1v) is 5.87. The number of nitrogens with zero attached hydrogens (tertiary/aromatic N) is 1. The molecule has 0 fully saturated rings. The molecule has 0 saturated heterocycles. The van der Waals surface area contributed by atoms with E-state index < -0.39 is 0 Å². The van der Waals surface area contributed by atoms with E-state index in [2.05, 4.69) is 25.8 Å². The van der Waals surface area contributed by atoms with Crippen LogP contribution < -0.4 is 10.5 Å². The van der Waals surface area contributed by atoms with Gasteiger partial charge in [-0.2, -0.15) is 0 Å². The highest BCUT2D eigenvalue weighted by Gasteiger charge is 2.08. The SMILES string of the molecule is CC(C)CC(C)Oc1ccc([C@H](C)N)cn1. The average molecular weight is 222 g/mol. The third-order valence-electron chi connectivity index (χ3n) is 2.41. The number of hydrogen-bond donors (Lipinski definition) is 1. The molecule has 0 bridgehead atoms. The second-order valence-corrected chi connectivity index (χ2v) is 4.78. The zero-order valence-corrected chi connectivity index (χ0v) is 10.6. The first-order chi connectivity index (χ1) is 7.49. The zero-order chi connectivity index (χ0) is 12.1. The van der Waals surface area contributed by atoms with Crippen molar-refractivity contribution in [2.75, 3.05) is 0 Å². The van der Waals surface area contributed by atoms with Crippen LogP contribution in [0.1, 0.15) is 45.7 Å². The summed E-state index contributed by atoms with van der Waals surface area (Å²) in [6.45, 7) is 8.39. The normalized spacial score (nSPS) is 14.9. The first kappa shape index (κ1) is 13.0. The average Bonchev–Trinajstić information content (AvgIpc) is 2.16. The smallest absolute Gasteiger partial charge is 0.213 e. The highest BCUT2D eigenvalue weighted by molar-refractivity contribution is 5.20. The molecule has 3 heteroatoms. The molecular formula is C13H22N2O. The lowest BCUT2D eigenvalue weighted by atomic mass is 10.1. The Labute approximate surface area is 98.0 Å². The van der Waals surface area contributed by atoms with E-state index in [4.69, 9.17) is 10.5 Å². The lowest BCUT2D eigenvalue weighted by Crippen LogP contribution is -2.15. The van der Waals surface area contributed by atoms with E-state index in [0.29, 0.717) is 11.8 Å². The van der Waals surface area contributed by atoms with Crippen LogP contribution in [-0.2, 0) is 0 Å². The maximum absolute atomic E-state index is 5.75. The van der Waals surface area contributed by atoms with Gasteiger partial charge in [-0.15, -0.1) is 0 Å². The van der Waals surface area contributed by atoms with Gasteiger partial charge in [-0.25, -0.2) is 4.98 Å². The Morgan fingerprint density at radius 2 is 1.94 bits per heavy atom. The molecule has 1 rings (SSSR count). The van der Waals surface area contributed by atoms with Crippen LogP contribution in [0.15, 0.2) is 18.3 Å². The minimum Gasteiger partial charge on any atom is -0.475 e. The highest BCUT2D eigenvalue weighted by atomic mass is 16.5. The molecule has 0 aliphatic heterocycles. The molecule has 90 valence electrons. The monoisotopic (exact) mass is 222 g/mol. The molecule has 2 atom stereocenters. The lowest BCUT2D eigenvalue weighted by molar-refractivity contribution is 0.185. The van der Waals surface area contributed by atoms with Gasteiger partial charge in [0, 0.05) is 18.3 Å². The third kappa shape index (κ3) is 4.19. The summed E-state index contributed by atoms with van der Waals surface area (Å²) >= 11 is 0. The molecule has 0 aromatic carbocycles. The van der Waals surface area contributed by atoms with Crippen molar-refractivity contribution in [3.63, 3.8) is 0 Å². The summed E-state index contributed by atoms with van der Waals surface area (Å²) in [5.74, 6) is 1.32. The van der Waals surface area contributed by atoms with Crippen LogP contribution in [0, 0.1) is 5.92 Å². The second-order valence-electron chi connectivity index (χ2n) is 4.78. The molecule has 0 radical (unpaired) electrons. The Hall–Kier alpha value is -1.09. The number of nitrogens with two attached hydrogens (primary N) is 1. The molecule has 2 N–H and O–H groups in total. The van der Waals surface area contributed by atoms with Crippen molar-refractivity contribution >= 4 is 0 Å². The van der Waals surface area contributed by atoms with Crippen LogP contribution in [0.4, 0.5) is 0 Å². The number of hydrogen-bond acceptors (Lipinski definition) is 3. The summed E-state index contributed by atoms with van der Waals surface area (Å²) < 4.78 is 5.71. The largest absolute Gasteiger partial charge is 0.475 e. The van der Waals surface area contributed by atoms with Gasteiger partial charge >= 0.3 is 0 Å². The van der Waals surface area contributed by atoms with Crippen LogP contribution in [0.2, 0.25) is 0 Å². The fraction of sp³-hybridized carbons (Fsp3) is 0.615. The Morgan fingerprint density at radius 1 is 1.25 bits per heavy atom. The van der Waals surface area contributed by atoms with E-state index in [9.17, 15) is 0 Å². The molecule has 1 aromatic rings. The highest BCUT2D eigenvalue weighted by Crippen LogP contribution is 2.15. The van der Waals surface area contributed by atoms with E-state index in [0.717, 1.165) is 12.0 Å². The van der Waals surface area contributed by atoms with Crippen LogP contribution in [0.5, 0.6) is 5.88 Å². The molecular weight excluding hydrogens is 200 g/mol. The van der Waals surface area contributed by atoms with Crippen LogP contribution >= 0.6 is 0 Å². The van der Waals surface area contributed by atoms with Crippen molar-refractivity contribution in [1.82, 2.24) is 4.98 Å². The molecule has 0 aliphatic rings. The maximum atomic E-state index is 5.75. The van der Waals surface area contributed by atoms with E-state index in [1.165, 1.54) is 0 Å². The van der Waals surface area contributed by atoms with Gasteiger partial charge < -0.3 is 10.5 Å². The van der Waals surface area contributed by atoms with Gasteiger partial charge in [0.15, 0.2) is 0 Å². The van der Waals surface area contributed by atoms with Gasteiger partial charge in [-0.05, 0) is 31.7 Å². The first-order valence-electron chi connectivity index (χ1n) is 5.87. The Kier molecular flexibility index (Phi) is 4.74. The molecule has 1 heterocycles. The van der Waals surface area contributed by atoms with Crippen LogP contribution in [0.3, 0.4) is 0 Å². The van der Waals surface area contributed by atoms with E-state index in [1.807, 2.05) is 19.1 Å². The van der Waals surface area contributed by atoms with Gasteiger partial charge in [0.2, 0.25) is 5.88 Å².